The van der Waals surface area contributed by atoms with Crippen molar-refractivity contribution < 1.29 is 19.8 Å². The van der Waals surface area contributed by atoms with E-state index in [0.717, 1.165) is 0 Å². The second-order valence-corrected chi connectivity index (χ2v) is 5.15. The van der Waals surface area contributed by atoms with E-state index in [-0.39, 0.29) is 15.7 Å². The Kier molecular flexibility index (Phi) is 5.88. The largest absolute Gasteiger partial charge is 0.480 e. The van der Waals surface area contributed by atoms with Crippen LogP contribution in [0.1, 0.15) is 6.92 Å². The minimum atomic E-state index is -1.46. The predicted molar refractivity (Wildman–Crippen MR) is 76.7 cm³/mol. The number of nitrogens with one attached hydrogen (secondary N) is 2. The number of carbonyl (C=O) groups is 2. The summed E-state index contributed by atoms with van der Waals surface area (Å²) in [6.07, 6.45) is -1.27. The molecule has 110 valence electrons. The van der Waals surface area contributed by atoms with Gasteiger partial charge in [0, 0.05) is 5.02 Å². The number of anilines is 1. The minimum Gasteiger partial charge on any atom is -0.480 e. The molecule has 1 aromatic carbocycles. The van der Waals surface area contributed by atoms with Gasteiger partial charge in [-0.05, 0) is 19.1 Å². The number of benzene rings is 1. The van der Waals surface area contributed by atoms with E-state index in [0.29, 0.717) is 5.02 Å². The summed E-state index contributed by atoms with van der Waals surface area (Å²) in [5, 5.41) is 23.0. The standard InChI is InChI=1S/C11H11Cl3N2O4/c1-4(17)8(10(18)19)15-11(20)16-9-6(13)2-5(12)3-7(9)14/h2-4,8,17H,1H3,(H,18,19)(H2,15,16,20)/t4-,8+/m1/s1. The van der Waals surface area contributed by atoms with Gasteiger partial charge in [0.1, 0.15) is 0 Å². The van der Waals surface area contributed by atoms with Crippen molar-refractivity contribution in [1.29, 1.82) is 0 Å². The molecule has 0 aliphatic carbocycles. The second-order valence-electron chi connectivity index (χ2n) is 3.90. The first-order valence-electron chi connectivity index (χ1n) is 5.35. The minimum absolute atomic E-state index is 0.0879. The molecule has 0 aliphatic rings. The normalized spacial score (nSPS) is 13.4. The van der Waals surface area contributed by atoms with Crippen LogP contribution in [-0.4, -0.2) is 34.4 Å². The van der Waals surface area contributed by atoms with Gasteiger partial charge in [0.05, 0.1) is 21.8 Å². The van der Waals surface area contributed by atoms with Gasteiger partial charge in [-0.3, -0.25) is 0 Å². The monoisotopic (exact) mass is 340 g/mol. The zero-order valence-electron chi connectivity index (χ0n) is 10.2. The van der Waals surface area contributed by atoms with Gasteiger partial charge in [0.15, 0.2) is 6.04 Å². The number of rotatable bonds is 4. The Morgan fingerprint density at radius 2 is 1.70 bits per heavy atom. The average Bonchev–Trinajstić information content (AvgIpc) is 2.29. The number of urea groups is 1. The Morgan fingerprint density at radius 3 is 2.10 bits per heavy atom. The molecule has 0 heterocycles. The van der Waals surface area contributed by atoms with Crippen molar-refractivity contribution in [2.75, 3.05) is 5.32 Å². The number of hydrogen-bond donors (Lipinski definition) is 4. The molecule has 20 heavy (non-hydrogen) atoms. The molecule has 1 rings (SSSR count). The zero-order chi connectivity index (χ0) is 15.4. The highest BCUT2D eigenvalue weighted by atomic mass is 35.5. The van der Waals surface area contributed by atoms with E-state index in [4.69, 9.17) is 39.9 Å². The van der Waals surface area contributed by atoms with E-state index in [1.165, 1.54) is 19.1 Å². The first kappa shape index (κ1) is 16.8. The molecule has 9 heteroatoms. The smallest absolute Gasteiger partial charge is 0.328 e. The fourth-order valence-corrected chi connectivity index (χ4v) is 2.25. The third kappa shape index (κ3) is 4.42. The van der Waals surface area contributed by atoms with Crippen molar-refractivity contribution in [3.8, 4) is 0 Å². The maximum atomic E-state index is 11.7. The first-order valence-corrected chi connectivity index (χ1v) is 6.48. The van der Waals surface area contributed by atoms with E-state index >= 15 is 0 Å². The van der Waals surface area contributed by atoms with Crippen molar-refractivity contribution in [2.24, 2.45) is 0 Å². The Balaban J connectivity index is 2.84. The molecule has 1 aromatic rings. The molecule has 4 N–H and O–H groups in total. The summed E-state index contributed by atoms with van der Waals surface area (Å²) >= 11 is 17.4. The number of aliphatic carboxylic acids is 1. The lowest BCUT2D eigenvalue weighted by molar-refractivity contribution is -0.141. The SMILES string of the molecule is C[C@@H](O)[C@H](NC(=O)Nc1c(Cl)cc(Cl)cc1Cl)C(=O)O. The van der Waals surface area contributed by atoms with Gasteiger partial charge in [-0.2, -0.15) is 0 Å². The topological polar surface area (TPSA) is 98.7 Å². The van der Waals surface area contributed by atoms with E-state index in [2.05, 4.69) is 10.6 Å². The maximum absolute atomic E-state index is 11.7. The van der Waals surface area contributed by atoms with Crippen molar-refractivity contribution in [1.82, 2.24) is 5.32 Å². The Bertz CT molecular complexity index is 513. The second kappa shape index (κ2) is 6.99. The van der Waals surface area contributed by atoms with Gasteiger partial charge in [-0.25, -0.2) is 9.59 Å². The number of aliphatic hydroxyl groups excluding tert-OH is 1. The number of aliphatic hydroxyl groups is 1. The van der Waals surface area contributed by atoms with Gasteiger partial charge < -0.3 is 20.8 Å². The molecule has 6 nitrogen and oxygen atoms in total. The first-order chi connectivity index (χ1) is 9.22. The number of carboxylic acid groups (broad SMARTS) is 1. The van der Waals surface area contributed by atoms with Crippen LogP contribution in [0.2, 0.25) is 15.1 Å². The van der Waals surface area contributed by atoms with Crippen LogP contribution in [0, 0.1) is 0 Å². The lowest BCUT2D eigenvalue weighted by Gasteiger charge is -2.18. The van der Waals surface area contributed by atoms with Crippen LogP contribution in [-0.2, 0) is 4.79 Å². The molecule has 0 unspecified atom stereocenters. The summed E-state index contributed by atoms with van der Waals surface area (Å²) in [6, 6.07) is 0.409. The molecule has 0 aliphatic heterocycles. The number of carbonyl (C=O) groups excluding carboxylic acids is 1. The lowest BCUT2D eigenvalue weighted by Crippen LogP contribution is -2.49. The van der Waals surface area contributed by atoms with Crippen LogP contribution in [0.3, 0.4) is 0 Å². The van der Waals surface area contributed by atoms with Crippen LogP contribution >= 0.6 is 34.8 Å². The van der Waals surface area contributed by atoms with Crippen molar-refractivity contribution in [3.05, 3.63) is 27.2 Å². The quantitative estimate of drug-likeness (QED) is 0.676. The average molecular weight is 342 g/mol. The van der Waals surface area contributed by atoms with Crippen molar-refractivity contribution in [2.45, 2.75) is 19.1 Å². The summed E-state index contributed by atoms with van der Waals surface area (Å²) in [7, 11) is 0. The Hall–Kier alpha value is -1.21. The van der Waals surface area contributed by atoms with Crippen LogP contribution in [0.25, 0.3) is 0 Å². The van der Waals surface area contributed by atoms with E-state index in [9.17, 15) is 14.7 Å². The molecule has 2 amide bonds. The maximum Gasteiger partial charge on any atom is 0.328 e. The highest BCUT2D eigenvalue weighted by Crippen LogP contribution is 2.33. The molecular weight excluding hydrogens is 330 g/mol. The molecule has 0 aromatic heterocycles. The van der Waals surface area contributed by atoms with Gasteiger partial charge in [-0.15, -0.1) is 0 Å². The van der Waals surface area contributed by atoms with Crippen LogP contribution in [0.5, 0.6) is 0 Å². The van der Waals surface area contributed by atoms with Crippen molar-refractivity contribution in [3.63, 3.8) is 0 Å². The van der Waals surface area contributed by atoms with Crippen LogP contribution in [0.15, 0.2) is 12.1 Å². The van der Waals surface area contributed by atoms with Gasteiger partial charge >= 0.3 is 12.0 Å². The summed E-state index contributed by atoms with van der Waals surface area (Å²) in [4.78, 5) is 22.5. The van der Waals surface area contributed by atoms with Crippen LogP contribution < -0.4 is 10.6 Å². The number of hydrogen-bond acceptors (Lipinski definition) is 3. The summed E-state index contributed by atoms with van der Waals surface area (Å²) in [5.41, 5.74) is 0.0879. The lowest BCUT2D eigenvalue weighted by atomic mass is 10.2. The zero-order valence-corrected chi connectivity index (χ0v) is 12.4. The molecule has 0 bridgehead atoms. The summed E-state index contributed by atoms with van der Waals surface area (Å²) in [5.74, 6) is -1.37. The molecule has 0 radical (unpaired) electrons. The molecule has 0 spiro atoms. The van der Waals surface area contributed by atoms with Gasteiger partial charge in [0.2, 0.25) is 0 Å². The van der Waals surface area contributed by atoms with Gasteiger partial charge in [-0.1, -0.05) is 34.8 Å². The molecule has 0 saturated heterocycles. The molecular formula is C11H11Cl3N2O4. The number of carboxylic acids is 1. The fourth-order valence-electron chi connectivity index (χ4n) is 1.34. The molecule has 0 saturated carbocycles. The van der Waals surface area contributed by atoms with Crippen molar-refractivity contribution >= 4 is 52.5 Å². The Labute approximate surface area is 129 Å². The highest BCUT2D eigenvalue weighted by molar-refractivity contribution is 6.42. The fraction of sp³-hybridized carbons (Fsp3) is 0.273. The summed E-state index contributed by atoms with van der Waals surface area (Å²) in [6.45, 7) is 1.24. The highest BCUT2D eigenvalue weighted by Gasteiger charge is 2.25. The summed E-state index contributed by atoms with van der Waals surface area (Å²) < 4.78 is 0. The third-order valence-electron chi connectivity index (χ3n) is 2.28. The van der Waals surface area contributed by atoms with E-state index < -0.39 is 24.1 Å². The number of amides is 2. The van der Waals surface area contributed by atoms with E-state index in [1.807, 2.05) is 0 Å². The predicted octanol–water partition coefficient (Wildman–Crippen LogP) is 2.60. The third-order valence-corrected chi connectivity index (χ3v) is 3.09. The number of halogens is 3. The van der Waals surface area contributed by atoms with E-state index in [1.54, 1.807) is 0 Å². The molecule has 2 atom stereocenters. The molecule has 0 fully saturated rings. The van der Waals surface area contributed by atoms with Gasteiger partial charge in [0.25, 0.3) is 0 Å². The Morgan fingerprint density at radius 1 is 1.20 bits per heavy atom. The van der Waals surface area contributed by atoms with Crippen LogP contribution in [0.4, 0.5) is 10.5 Å².